The molecule has 0 atom stereocenters. The van der Waals surface area contributed by atoms with Crippen molar-refractivity contribution < 1.29 is 27.4 Å². The van der Waals surface area contributed by atoms with Crippen LogP contribution in [0.2, 0.25) is 0 Å². The predicted molar refractivity (Wildman–Crippen MR) is 113 cm³/mol. The fourth-order valence-electron chi connectivity index (χ4n) is 4.01. The van der Waals surface area contributed by atoms with Crippen molar-refractivity contribution in [2.45, 2.75) is 43.0 Å². The van der Waals surface area contributed by atoms with Gasteiger partial charge in [-0.1, -0.05) is 19.3 Å². The molecule has 0 unspecified atom stereocenters. The Labute approximate surface area is 179 Å². The summed E-state index contributed by atoms with van der Waals surface area (Å²) in [4.78, 5) is 38.9. The standard InChI is InChI=1S/C21H21N3O6S/c25-19-17-11-8-14(12-18(17)20(26)24(19)15-4-2-1-3-5-15)23-21(27)22-13-6-9-16(10-7-13)31(28,29)30/h6-12,15H,1-5H2,(H2,22,23,27)(H,28,29,30). The number of anilines is 2. The van der Waals surface area contributed by atoms with Gasteiger partial charge in [-0.2, -0.15) is 8.42 Å². The van der Waals surface area contributed by atoms with Gasteiger partial charge in [-0.25, -0.2) is 4.79 Å². The van der Waals surface area contributed by atoms with Crippen LogP contribution in [-0.2, 0) is 10.1 Å². The van der Waals surface area contributed by atoms with Crippen molar-refractivity contribution in [3.63, 3.8) is 0 Å². The molecule has 31 heavy (non-hydrogen) atoms. The molecule has 0 radical (unpaired) electrons. The number of fused-ring (bicyclic) bond motifs is 1. The molecule has 2 aromatic carbocycles. The molecule has 1 aliphatic carbocycles. The maximum absolute atomic E-state index is 12.9. The van der Waals surface area contributed by atoms with Gasteiger partial charge in [0.05, 0.1) is 16.0 Å². The third kappa shape index (κ3) is 4.30. The van der Waals surface area contributed by atoms with Crippen molar-refractivity contribution in [2.75, 3.05) is 10.6 Å². The zero-order valence-electron chi connectivity index (χ0n) is 16.5. The van der Waals surface area contributed by atoms with Crippen LogP contribution in [0, 0.1) is 0 Å². The summed E-state index contributed by atoms with van der Waals surface area (Å²) in [6.07, 6.45) is 4.73. The van der Waals surface area contributed by atoms with Crippen molar-refractivity contribution in [1.82, 2.24) is 4.90 Å². The maximum atomic E-state index is 12.9. The number of imide groups is 1. The van der Waals surface area contributed by atoms with E-state index in [9.17, 15) is 22.8 Å². The third-order valence-corrected chi connectivity index (χ3v) is 6.39. The first-order chi connectivity index (χ1) is 14.7. The number of nitrogens with zero attached hydrogens (tertiary/aromatic N) is 1. The van der Waals surface area contributed by atoms with E-state index < -0.39 is 16.1 Å². The van der Waals surface area contributed by atoms with Crippen molar-refractivity contribution >= 4 is 39.3 Å². The molecular formula is C21H21N3O6S. The second-order valence-corrected chi connectivity index (χ2v) is 9.03. The van der Waals surface area contributed by atoms with Crippen LogP contribution in [0.15, 0.2) is 47.4 Å². The lowest BCUT2D eigenvalue weighted by molar-refractivity contribution is 0.0549. The molecule has 0 spiro atoms. The molecule has 3 N–H and O–H groups in total. The Bertz CT molecular complexity index is 1150. The van der Waals surface area contributed by atoms with Gasteiger partial charge in [0, 0.05) is 17.4 Å². The quantitative estimate of drug-likeness (QED) is 0.489. The van der Waals surface area contributed by atoms with Gasteiger partial charge in [0.15, 0.2) is 0 Å². The third-order valence-electron chi connectivity index (χ3n) is 5.53. The fraction of sp³-hybridized carbons (Fsp3) is 0.286. The Hall–Kier alpha value is -3.24. The molecule has 9 nitrogen and oxygen atoms in total. The molecule has 2 aliphatic rings. The number of amides is 4. The number of benzene rings is 2. The van der Waals surface area contributed by atoms with Crippen LogP contribution in [0.25, 0.3) is 0 Å². The van der Waals surface area contributed by atoms with Crippen LogP contribution < -0.4 is 10.6 Å². The van der Waals surface area contributed by atoms with Gasteiger partial charge in [0.25, 0.3) is 21.9 Å². The summed E-state index contributed by atoms with van der Waals surface area (Å²) < 4.78 is 31.1. The van der Waals surface area contributed by atoms with Crippen LogP contribution in [0.1, 0.15) is 52.8 Å². The fourth-order valence-corrected chi connectivity index (χ4v) is 4.49. The summed E-state index contributed by atoms with van der Waals surface area (Å²) in [6, 6.07) is 8.86. The van der Waals surface area contributed by atoms with E-state index in [4.69, 9.17) is 4.55 Å². The average Bonchev–Trinajstić information content (AvgIpc) is 2.98. The number of hydrogen-bond acceptors (Lipinski definition) is 5. The molecular weight excluding hydrogens is 422 g/mol. The minimum atomic E-state index is -4.32. The van der Waals surface area contributed by atoms with Crippen LogP contribution in [0.3, 0.4) is 0 Å². The highest BCUT2D eigenvalue weighted by molar-refractivity contribution is 7.85. The van der Waals surface area contributed by atoms with Gasteiger partial charge in [0.1, 0.15) is 0 Å². The summed E-state index contributed by atoms with van der Waals surface area (Å²) in [6.45, 7) is 0. The van der Waals surface area contributed by atoms with Crippen molar-refractivity contribution in [3.05, 3.63) is 53.6 Å². The zero-order chi connectivity index (χ0) is 22.2. The molecule has 1 saturated carbocycles. The van der Waals surface area contributed by atoms with E-state index in [2.05, 4.69) is 10.6 Å². The lowest BCUT2D eigenvalue weighted by Gasteiger charge is -2.29. The van der Waals surface area contributed by atoms with E-state index >= 15 is 0 Å². The van der Waals surface area contributed by atoms with E-state index in [1.54, 1.807) is 6.07 Å². The summed E-state index contributed by atoms with van der Waals surface area (Å²) in [5.41, 5.74) is 1.26. The molecule has 10 heteroatoms. The van der Waals surface area contributed by atoms with Crippen molar-refractivity contribution in [1.29, 1.82) is 0 Å². The second kappa shape index (κ2) is 8.12. The predicted octanol–water partition coefficient (Wildman–Crippen LogP) is 3.51. The molecule has 2 aromatic rings. The van der Waals surface area contributed by atoms with E-state index in [-0.39, 0.29) is 28.3 Å². The van der Waals surface area contributed by atoms with Gasteiger partial charge >= 0.3 is 6.03 Å². The highest BCUT2D eigenvalue weighted by Gasteiger charge is 2.40. The van der Waals surface area contributed by atoms with E-state index in [1.165, 1.54) is 29.2 Å². The maximum Gasteiger partial charge on any atom is 0.323 e. The number of urea groups is 1. The molecule has 1 heterocycles. The van der Waals surface area contributed by atoms with E-state index in [1.807, 2.05) is 0 Å². The molecule has 162 valence electrons. The SMILES string of the molecule is O=C(Nc1ccc(S(=O)(=O)O)cc1)Nc1ccc2c(c1)C(=O)N(C1CCCCC1)C2=O. The highest BCUT2D eigenvalue weighted by atomic mass is 32.2. The van der Waals surface area contributed by atoms with Crippen molar-refractivity contribution in [3.8, 4) is 0 Å². The van der Waals surface area contributed by atoms with Gasteiger partial charge in [-0.05, 0) is 55.3 Å². The zero-order valence-corrected chi connectivity index (χ0v) is 17.3. The molecule has 4 amide bonds. The number of carbonyl (C=O) groups is 3. The summed E-state index contributed by atoms with van der Waals surface area (Å²) in [5, 5.41) is 5.12. The normalized spacial score (nSPS) is 16.9. The number of nitrogens with one attached hydrogen (secondary N) is 2. The Morgan fingerprint density at radius 3 is 2.10 bits per heavy atom. The molecule has 0 aromatic heterocycles. The van der Waals surface area contributed by atoms with Crippen LogP contribution in [0.4, 0.5) is 16.2 Å². The smallest absolute Gasteiger partial charge is 0.308 e. The minimum Gasteiger partial charge on any atom is -0.308 e. The lowest BCUT2D eigenvalue weighted by atomic mass is 9.94. The molecule has 0 bridgehead atoms. The Kier molecular flexibility index (Phi) is 5.50. The first-order valence-corrected chi connectivity index (χ1v) is 11.4. The average molecular weight is 443 g/mol. The summed E-state index contributed by atoms with van der Waals surface area (Å²) in [5.74, 6) is -0.626. The van der Waals surface area contributed by atoms with Crippen LogP contribution in [0.5, 0.6) is 0 Å². The van der Waals surface area contributed by atoms with Gasteiger partial charge < -0.3 is 10.6 Å². The van der Waals surface area contributed by atoms with Crippen LogP contribution in [-0.4, -0.2) is 41.8 Å². The first kappa shape index (κ1) is 21.0. The monoisotopic (exact) mass is 443 g/mol. The van der Waals surface area contributed by atoms with Crippen molar-refractivity contribution in [2.24, 2.45) is 0 Å². The summed E-state index contributed by atoms with van der Waals surface area (Å²) in [7, 11) is -4.32. The number of rotatable bonds is 4. The summed E-state index contributed by atoms with van der Waals surface area (Å²) >= 11 is 0. The van der Waals surface area contributed by atoms with Gasteiger partial charge in [-0.3, -0.25) is 19.0 Å². The van der Waals surface area contributed by atoms with Gasteiger partial charge in [0.2, 0.25) is 0 Å². The number of hydrogen-bond donors (Lipinski definition) is 3. The molecule has 0 saturated heterocycles. The van der Waals surface area contributed by atoms with Gasteiger partial charge in [-0.15, -0.1) is 0 Å². The Balaban J connectivity index is 1.45. The molecule has 4 rings (SSSR count). The molecule has 1 aliphatic heterocycles. The highest BCUT2D eigenvalue weighted by Crippen LogP contribution is 2.32. The van der Waals surface area contributed by atoms with E-state index in [0.29, 0.717) is 16.9 Å². The Morgan fingerprint density at radius 2 is 1.45 bits per heavy atom. The lowest BCUT2D eigenvalue weighted by Crippen LogP contribution is -2.40. The van der Waals surface area contributed by atoms with Crippen LogP contribution >= 0.6 is 0 Å². The second-order valence-electron chi connectivity index (χ2n) is 7.61. The van der Waals surface area contributed by atoms with E-state index in [0.717, 1.165) is 44.2 Å². The largest absolute Gasteiger partial charge is 0.323 e. The minimum absolute atomic E-state index is 0.0773. The Morgan fingerprint density at radius 1 is 0.871 bits per heavy atom. The first-order valence-electron chi connectivity index (χ1n) is 9.91. The topological polar surface area (TPSA) is 133 Å². The number of carbonyl (C=O) groups excluding carboxylic acids is 3. The molecule has 1 fully saturated rings.